The highest BCUT2D eigenvalue weighted by atomic mass is 35.5. The molecule has 0 radical (unpaired) electrons. The monoisotopic (exact) mass is 564 g/mol. The van der Waals surface area contributed by atoms with Crippen LogP contribution < -0.4 is 0 Å². The van der Waals surface area contributed by atoms with Crippen molar-refractivity contribution in [2.75, 3.05) is 26.2 Å². The lowest BCUT2D eigenvalue weighted by atomic mass is 9.94. The minimum atomic E-state index is -0.526. The normalized spacial score (nSPS) is 18.9. The maximum atomic E-state index is 13.5. The van der Waals surface area contributed by atoms with E-state index in [1.165, 1.54) is 11.8 Å². The summed E-state index contributed by atoms with van der Waals surface area (Å²) in [5, 5.41) is 3.22. The molecule has 8 nitrogen and oxygen atoms in total. The van der Waals surface area contributed by atoms with Crippen LogP contribution in [0.1, 0.15) is 37.4 Å². The van der Waals surface area contributed by atoms with Crippen LogP contribution in [0.15, 0.2) is 82.0 Å². The van der Waals surface area contributed by atoms with Crippen LogP contribution in [0.5, 0.6) is 0 Å². The Labute approximate surface area is 236 Å². The first kappa shape index (κ1) is 27.0. The minimum absolute atomic E-state index is 0.0193. The summed E-state index contributed by atoms with van der Waals surface area (Å²) >= 11 is 7.62. The van der Waals surface area contributed by atoms with E-state index in [9.17, 15) is 14.4 Å². The lowest BCUT2D eigenvalue weighted by Gasteiger charge is -2.37. The number of rotatable bonds is 6. The second-order valence-corrected chi connectivity index (χ2v) is 10.8. The fraction of sp³-hybridized carbons (Fsp3) is 0.310. The topological polar surface area (TPSA) is 82.5 Å². The molecule has 3 aliphatic rings. The third-order valence-corrected chi connectivity index (χ3v) is 8.17. The van der Waals surface area contributed by atoms with Gasteiger partial charge in [0.15, 0.2) is 5.17 Å². The zero-order chi connectivity index (χ0) is 27.5. The van der Waals surface area contributed by atoms with Crippen molar-refractivity contribution in [1.82, 2.24) is 14.7 Å². The summed E-state index contributed by atoms with van der Waals surface area (Å²) in [4.78, 5) is 48.8. The standard InChI is InChI=1S/C29H29ClN4O4S/c1-19-26(28(37)38-17-21-6-4-3-5-7-21)27(22-8-10-23(30)11-9-22)34-24(18-39-29(34)31-19)16-25(36)33-14-12-32(13-15-33)20(2)35/h3-11,18,27H,12-17H2,1-2H3/t27-/m1/s1. The molecule has 0 aliphatic carbocycles. The van der Waals surface area contributed by atoms with Gasteiger partial charge in [-0.3, -0.25) is 9.59 Å². The summed E-state index contributed by atoms with van der Waals surface area (Å²) in [7, 11) is 0. The number of thioether (sulfide) groups is 1. The molecule has 2 aromatic carbocycles. The fourth-order valence-electron chi connectivity index (χ4n) is 4.93. The molecule has 202 valence electrons. The number of piperazine rings is 1. The molecule has 39 heavy (non-hydrogen) atoms. The van der Waals surface area contributed by atoms with Gasteiger partial charge in [0.25, 0.3) is 0 Å². The van der Waals surface area contributed by atoms with Crippen molar-refractivity contribution in [3.05, 3.63) is 93.1 Å². The van der Waals surface area contributed by atoms with Crippen molar-refractivity contribution in [2.24, 2.45) is 4.99 Å². The number of benzene rings is 2. The number of esters is 1. The number of amides is 2. The number of hydrogen-bond donors (Lipinski definition) is 0. The highest BCUT2D eigenvalue weighted by molar-refractivity contribution is 8.16. The van der Waals surface area contributed by atoms with Gasteiger partial charge in [0, 0.05) is 43.8 Å². The van der Waals surface area contributed by atoms with Crippen LogP contribution >= 0.6 is 23.4 Å². The van der Waals surface area contributed by atoms with Gasteiger partial charge < -0.3 is 19.4 Å². The Bertz CT molecular complexity index is 1370. The summed E-state index contributed by atoms with van der Waals surface area (Å²) in [6.45, 7) is 5.54. The maximum Gasteiger partial charge on any atom is 0.338 e. The van der Waals surface area contributed by atoms with E-state index in [0.717, 1.165) is 16.8 Å². The third-order valence-electron chi connectivity index (χ3n) is 7.03. The summed E-state index contributed by atoms with van der Waals surface area (Å²) in [6.07, 6.45) is 0.154. The summed E-state index contributed by atoms with van der Waals surface area (Å²) in [5.74, 6) is -0.464. The molecule has 0 unspecified atom stereocenters. The van der Waals surface area contributed by atoms with Crippen LogP contribution in [-0.2, 0) is 25.7 Å². The van der Waals surface area contributed by atoms with Crippen LogP contribution in [0.4, 0.5) is 0 Å². The number of aliphatic imine (C=N–C) groups is 1. The molecule has 0 N–H and O–H groups in total. The van der Waals surface area contributed by atoms with Crippen molar-refractivity contribution < 1.29 is 19.1 Å². The molecule has 1 saturated heterocycles. The van der Waals surface area contributed by atoms with Crippen molar-refractivity contribution >= 4 is 46.3 Å². The smallest absolute Gasteiger partial charge is 0.338 e. The van der Waals surface area contributed by atoms with Gasteiger partial charge in [0.1, 0.15) is 6.61 Å². The first-order chi connectivity index (χ1) is 18.8. The van der Waals surface area contributed by atoms with Gasteiger partial charge in [-0.2, -0.15) is 0 Å². The average Bonchev–Trinajstić information content (AvgIpc) is 3.33. The number of halogens is 1. The molecule has 1 atom stereocenters. The van der Waals surface area contributed by atoms with E-state index in [1.807, 2.05) is 59.7 Å². The van der Waals surface area contributed by atoms with Crippen molar-refractivity contribution in [1.29, 1.82) is 0 Å². The van der Waals surface area contributed by atoms with E-state index in [-0.39, 0.29) is 24.8 Å². The van der Waals surface area contributed by atoms with Gasteiger partial charge in [-0.25, -0.2) is 9.79 Å². The number of fused-ring (bicyclic) bond motifs is 1. The van der Waals surface area contributed by atoms with Crippen molar-refractivity contribution in [2.45, 2.75) is 32.9 Å². The Morgan fingerprint density at radius 1 is 1.00 bits per heavy atom. The molecule has 10 heteroatoms. The largest absolute Gasteiger partial charge is 0.457 e. The first-order valence-corrected chi connectivity index (χ1v) is 14.0. The van der Waals surface area contributed by atoms with Crippen LogP contribution in [0.3, 0.4) is 0 Å². The van der Waals surface area contributed by atoms with E-state index >= 15 is 0 Å². The zero-order valence-electron chi connectivity index (χ0n) is 21.8. The zero-order valence-corrected chi connectivity index (χ0v) is 23.4. The predicted molar refractivity (Wildman–Crippen MR) is 152 cm³/mol. The molecule has 1 fully saturated rings. The molecule has 0 aromatic heterocycles. The van der Waals surface area contributed by atoms with E-state index in [0.29, 0.717) is 47.6 Å². The van der Waals surface area contributed by atoms with Crippen molar-refractivity contribution in [3.63, 3.8) is 0 Å². The number of ether oxygens (including phenoxy) is 1. The molecule has 0 saturated carbocycles. The summed E-state index contributed by atoms with van der Waals surface area (Å²) < 4.78 is 5.75. The molecule has 2 amide bonds. The quantitative estimate of drug-likeness (QED) is 0.471. The van der Waals surface area contributed by atoms with Gasteiger partial charge in [-0.15, -0.1) is 0 Å². The second-order valence-electron chi connectivity index (χ2n) is 9.57. The van der Waals surface area contributed by atoms with Gasteiger partial charge in [0.05, 0.1) is 23.7 Å². The fourth-order valence-corrected chi connectivity index (χ4v) is 6.02. The highest BCUT2D eigenvalue weighted by Gasteiger charge is 2.41. The summed E-state index contributed by atoms with van der Waals surface area (Å²) in [5.41, 5.74) is 3.49. The summed E-state index contributed by atoms with van der Waals surface area (Å²) in [6, 6.07) is 16.3. The molecular weight excluding hydrogens is 536 g/mol. The maximum absolute atomic E-state index is 13.5. The Kier molecular flexibility index (Phi) is 8.09. The van der Waals surface area contributed by atoms with Crippen LogP contribution in [0.2, 0.25) is 5.02 Å². The Morgan fingerprint density at radius 3 is 2.33 bits per heavy atom. The minimum Gasteiger partial charge on any atom is -0.457 e. The van der Waals surface area contributed by atoms with Gasteiger partial charge in [-0.1, -0.05) is 65.8 Å². The van der Waals surface area contributed by atoms with Gasteiger partial charge in [-0.05, 0) is 35.6 Å². The molecule has 0 bridgehead atoms. The lowest BCUT2D eigenvalue weighted by molar-refractivity contribution is -0.141. The Morgan fingerprint density at radius 2 is 1.67 bits per heavy atom. The van der Waals surface area contributed by atoms with Crippen LogP contribution in [0.25, 0.3) is 0 Å². The lowest BCUT2D eigenvalue weighted by Crippen LogP contribution is -2.50. The van der Waals surface area contributed by atoms with E-state index in [2.05, 4.69) is 0 Å². The third kappa shape index (κ3) is 5.89. The molecule has 2 aromatic rings. The van der Waals surface area contributed by atoms with Gasteiger partial charge >= 0.3 is 5.97 Å². The number of nitrogens with zero attached hydrogens (tertiary/aromatic N) is 4. The van der Waals surface area contributed by atoms with E-state index in [1.54, 1.807) is 28.9 Å². The molecule has 0 spiro atoms. The first-order valence-electron chi connectivity index (χ1n) is 12.8. The molecular formula is C29H29ClN4O4S. The predicted octanol–water partition coefficient (Wildman–Crippen LogP) is 4.74. The second kappa shape index (κ2) is 11.7. The Hall–Kier alpha value is -3.56. The number of hydrogen-bond acceptors (Lipinski definition) is 7. The molecule has 3 heterocycles. The number of amidine groups is 1. The Balaban J connectivity index is 1.40. The highest BCUT2D eigenvalue weighted by Crippen LogP contribution is 2.45. The van der Waals surface area contributed by atoms with Gasteiger partial charge in [0.2, 0.25) is 11.8 Å². The van der Waals surface area contributed by atoms with Crippen LogP contribution in [0, 0.1) is 0 Å². The number of allylic oxidation sites excluding steroid dienone is 1. The average molecular weight is 565 g/mol. The van der Waals surface area contributed by atoms with E-state index in [4.69, 9.17) is 21.3 Å². The van der Waals surface area contributed by atoms with E-state index < -0.39 is 12.0 Å². The van der Waals surface area contributed by atoms with Crippen LogP contribution in [-0.4, -0.2) is 63.8 Å². The number of carbonyl (C=O) groups excluding carboxylic acids is 3. The SMILES string of the molecule is CC(=O)N1CCN(C(=O)CC2=CSC3=NC(C)=C(C(=O)OCc4ccccc4)[C@@H](c4ccc(Cl)cc4)N23)CC1. The van der Waals surface area contributed by atoms with Crippen molar-refractivity contribution in [3.8, 4) is 0 Å². The molecule has 3 aliphatic heterocycles. The number of carbonyl (C=O) groups is 3. The molecule has 5 rings (SSSR count).